The van der Waals surface area contributed by atoms with Gasteiger partial charge < -0.3 is 16.6 Å². The van der Waals surface area contributed by atoms with Gasteiger partial charge in [-0.3, -0.25) is 0 Å². The van der Waals surface area contributed by atoms with E-state index in [2.05, 4.69) is 12.6 Å². The van der Waals surface area contributed by atoms with Crippen LogP contribution in [0.25, 0.3) is 0 Å². The lowest BCUT2D eigenvalue weighted by Gasteiger charge is -2.11. The first-order valence-electron chi connectivity index (χ1n) is 3.63. The third-order valence-electron chi connectivity index (χ3n) is 1.70. The van der Waals surface area contributed by atoms with Crippen molar-refractivity contribution in [3.05, 3.63) is 23.8 Å². The van der Waals surface area contributed by atoms with Crippen LogP contribution < -0.4 is 11.5 Å². The summed E-state index contributed by atoms with van der Waals surface area (Å²) in [5.41, 5.74) is 11.7. The third-order valence-corrected chi connectivity index (χ3v) is 2.06. The lowest BCUT2D eigenvalue weighted by molar-refractivity contribution is 0.449. The largest absolute Gasteiger partial charge is 0.506 e. The van der Waals surface area contributed by atoms with E-state index in [1.165, 1.54) is 0 Å². The van der Waals surface area contributed by atoms with Crippen molar-refractivity contribution in [2.75, 3.05) is 6.54 Å². The molecule has 3 nitrogen and oxygen atoms in total. The zero-order valence-corrected chi connectivity index (χ0v) is 7.46. The molecule has 0 bridgehead atoms. The second kappa shape index (κ2) is 3.80. The van der Waals surface area contributed by atoms with Gasteiger partial charge >= 0.3 is 0 Å². The number of rotatable bonds is 2. The van der Waals surface area contributed by atoms with Crippen LogP contribution in [-0.4, -0.2) is 11.7 Å². The summed E-state index contributed by atoms with van der Waals surface area (Å²) in [7, 11) is 0. The van der Waals surface area contributed by atoms with E-state index in [1.54, 1.807) is 18.2 Å². The molecule has 0 spiro atoms. The zero-order chi connectivity index (χ0) is 9.14. The Morgan fingerprint density at radius 1 is 1.50 bits per heavy atom. The summed E-state index contributed by atoms with van der Waals surface area (Å²) in [6, 6.07) is 4.90. The highest BCUT2D eigenvalue weighted by Crippen LogP contribution is 2.28. The highest BCUT2D eigenvalue weighted by atomic mass is 32.1. The number of hydrogen-bond donors (Lipinski definition) is 4. The first-order valence-corrected chi connectivity index (χ1v) is 4.08. The van der Waals surface area contributed by atoms with E-state index >= 15 is 0 Å². The van der Waals surface area contributed by atoms with Crippen molar-refractivity contribution in [3.8, 4) is 5.75 Å². The number of nitrogens with two attached hydrogens (primary N) is 2. The van der Waals surface area contributed by atoms with E-state index in [0.717, 1.165) is 0 Å². The second-order valence-corrected chi connectivity index (χ2v) is 3.04. The molecule has 0 saturated carbocycles. The maximum Gasteiger partial charge on any atom is 0.133 e. The summed E-state index contributed by atoms with van der Waals surface area (Å²) in [4.78, 5) is 0.524. The van der Waals surface area contributed by atoms with Gasteiger partial charge in [-0.05, 0) is 6.07 Å². The Morgan fingerprint density at radius 3 is 2.75 bits per heavy atom. The summed E-state index contributed by atoms with van der Waals surface area (Å²) in [5, 5.41) is 9.49. The molecule has 0 saturated heterocycles. The molecule has 1 aromatic rings. The quantitative estimate of drug-likeness (QED) is 0.510. The Bertz CT molecular complexity index is 278. The highest BCUT2D eigenvalue weighted by Gasteiger charge is 2.09. The summed E-state index contributed by atoms with van der Waals surface area (Å²) in [6.07, 6.45) is 0. The van der Waals surface area contributed by atoms with E-state index < -0.39 is 0 Å². The van der Waals surface area contributed by atoms with E-state index in [-0.39, 0.29) is 11.8 Å². The monoisotopic (exact) mass is 184 g/mol. The van der Waals surface area contributed by atoms with Crippen LogP contribution >= 0.6 is 12.6 Å². The molecule has 0 heterocycles. The maximum atomic E-state index is 9.49. The van der Waals surface area contributed by atoms with Crippen molar-refractivity contribution in [2.45, 2.75) is 10.9 Å². The molecular weight excluding hydrogens is 172 g/mol. The lowest BCUT2D eigenvalue weighted by Crippen LogP contribution is -2.20. The van der Waals surface area contributed by atoms with E-state index in [9.17, 15) is 5.11 Å². The van der Waals surface area contributed by atoms with Crippen LogP contribution in [-0.2, 0) is 0 Å². The van der Waals surface area contributed by atoms with Crippen molar-refractivity contribution in [1.29, 1.82) is 0 Å². The van der Waals surface area contributed by atoms with Crippen LogP contribution in [0.1, 0.15) is 11.6 Å². The summed E-state index contributed by atoms with van der Waals surface area (Å²) >= 11 is 4.05. The Kier molecular flexibility index (Phi) is 2.97. The number of benzene rings is 1. The standard InChI is InChI=1S/C8H12N2OS/c9-4-6(10)5-2-1-3-7(12)8(5)11/h1-3,6,11-12H,4,9-10H2/t6-/m1/s1. The van der Waals surface area contributed by atoms with Gasteiger partial charge in [-0.1, -0.05) is 12.1 Å². The van der Waals surface area contributed by atoms with Crippen LogP contribution in [0, 0.1) is 0 Å². The normalized spacial score (nSPS) is 12.9. The van der Waals surface area contributed by atoms with Crippen molar-refractivity contribution >= 4 is 12.6 Å². The molecule has 0 aliphatic carbocycles. The Labute approximate surface area is 76.8 Å². The molecular formula is C8H12N2OS. The van der Waals surface area contributed by atoms with Gasteiger partial charge in [0.1, 0.15) is 5.75 Å². The predicted molar refractivity (Wildman–Crippen MR) is 51.3 cm³/mol. The number of thiol groups is 1. The van der Waals surface area contributed by atoms with Crippen LogP contribution in [0.4, 0.5) is 0 Å². The molecule has 0 aliphatic heterocycles. The van der Waals surface area contributed by atoms with Gasteiger partial charge in [-0.2, -0.15) is 0 Å². The molecule has 1 rings (SSSR count). The van der Waals surface area contributed by atoms with Crippen molar-refractivity contribution in [1.82, 2.24) is 0 Å². The minimum Gasteiger partial charge on any atom is -0.506 e. The van der Waals surface area contributed by atoms with Gasteiger partial charge in [-0.15, -0.1) is 12.6 Å². The highest BCUT2D eigenvalue weighted by molar-refractivity contribution is 7.80. The number of aromatic hydroxyl groups is 1. The molecule has 0 fully saturated rings. The van der Waals surface area contributed by atoms with Gasteiger partial charge in [0, 0.05) is 23.0 Å². The lowest BCUT2D eigenvalue weighted by atomic mass is 10.1. The minimum absolute atomic E-state index is 0.124. The smallest absolute Gasteiger partial charge is 0.133 e. The summed E-state index contributed by atoms with van der Waals surface area (Å²) in [5.74, 6) is 0.124. The Hall–Kier alpha value is -0.710. The van der Waals surface area contributed by atoms with Gasteiger partial charge in [-0.25, -0.2) is 0 Å². The molecule has 0 radical (unpaired) electrons. The second-order valence-electron chi connectivity index (χ2n) is 2.56. The van der Waals surface area contributed by atoms with Gasteiger partial charge in [0.25, 0.3) is 0 Å². The summed E-state index contributed by atoms with van der Waals surface area (Å²) in [6.45, 7) is 0.310. The predicted octanol–water partition coefficient (Wildman–Crippen LogP) is 0.639. The van der Waals surface area contributed by atoms with Gasteiger partial charge in [0.2, 0.25) is 0 Å². The molecule has 0 aromatic heterocycles. The minimum atomic E-state index is -0.322. The van der Waals surface area contributed by atoms with Crippen molar-refractivity contribution < 1.29 is 5.11 Å². The average Bonchev–Trinajstić information content (AvgIpc) is 2.08. The van der Waals surface area contributed by atoms with E-state index in [1.807, 2.05) is 0 Å². The molecule has 66 valence electrons. The molecule has 0 amide bonds. The number of para-hydroxylation sites is 1. The first kappa shape index (κ1) is 9.38. The molecule has 1 aromatic carbocycles. The number of phenolic OH excluding ortho intramolecular Hbond substituents is 1. The molecule has 0 unspecified atom stereocenters. The van der Waals surface area contributed by atoms with E-state index in [0.29, 0.717) is 17.0 Å². The fourth-order valence-corrected chi connectivity index (χ4v) is 1.19. The Morgan fingerprint density at radius 2 is 2.17 bits per heavy atom. The maximum absolute atomic E-state index is 9.49. The van der Waals surface area contributed by atoms with Crippen LogP contribution in [0.15, 0.2) is 23.1 Å². The first-order chi connectivity index (χ1) is 5.66. The van der Waals surface area contributed by atoms with Gasteiger partial charge in [0.15, 0.2) is 0 Å². The fraction of sp³-hybridized carbons (Fsp3) is 0.250. The van der Waals surface area contributed by atoms with Crippen molar-refractivity contribution in [2.24, 2.45) is 11.5 Å². The SMILES string of the molecule is NC[C@@H](N)c1cccc(S)c1O. The molecule has 4 heteroatoms. The van der Waals surface area contributed by atoms with Crippen LogP contribution in [0.5, 0.6) is 5.75 Å². The van der Waals surface area contributed by atoms with Crippen LogP contribution in [0.2, 0.25) is 0 Å². The molecule has 5 N–H and O–H groups in total. The summed E-state index contributed by atoms with van der Waals surface area (Å²) < 4.78 is 0. The number of phenols is 1. The fourth-order valence-electron chi connectivity index (χ4n) is 0.975. The zero-order valence-electron chi connectivity index (χ0n) is 6.57. The molecule has 1 atom stereocenters. The molecule has 0 aliphatic rings. The van der Waals surface area contributed by atoms with Gasteiger partial charge in [0.05, 0.1) is 0 Å². The Balaban J connectivity index is 3.07. The van der Waals surface area contributed by atoms with E-state index in [4.69, 9.17) is 11.5 Å². The molecule has 12 heavy (non-hydrogen) atoms. The average molecular weight is 184 g/mol. The van der Waals surface area contributed by atoms with Crippen molar-refractivity contribution in [3.63, 3.8) is 0 Å². The number of hydrogen-bond acceptors (Lipinski definition) is 4. The topological polar surface area (TPSA) is 72.3 Å². The van der Waals surface area contributed by atoms with Crippen LogP contribution in [0.3, 0.4) is 0 Å². The third kappa shape index (κ3) is 1.72.